The summed E-state index contributed by atoms with van der Waals surface area (Å²) in [4.78, 5) is 0. The van der Waals surface area contributed by atoms with E-state index in [4.69, 9.17) is 4.42 Å². The lowest BCUT2D eigenvalue weighted by Crippen LogP contribution is -2.36. The molecule has 0 amide bonds. The van der Waals surface area contributed by atoms with Crippen LogP contribution in [0.4, 0.5) is 0 Å². The standard InChI is InChI=1S/C15H23NO2/c17-14-6-2-1-4-11(14)10-16-13-5-3-7-15-12(13)8-9-18-15/h8-9,11,13-14,16-17H,1-7,10H2. The Kier molecular flexibility index (Phi) is 3.71. The van der Waals surface area contributed by atoms with Crippen LogP contribution in [0.15, 0.2) is 16.7 Å². The maximum absolute atomic E-state index is 10.00. The van der Waals surface area contributed by atoms with E-state index in [-0.39, 0.29) is 6.10 Å². The number of fused-ring (bicyclic) bond motifs is 1. The highest BCUT2D eigenvalue weighted by Crippen LogP contribution is 2.31. The van der Waals surface area contributed by atoms with E-state index in [1.165, 1.54) is 37.7 Å². The van der Waals surface area contributed by atoms with Crippen LogP contribution in [0, 0.1) is 5.92 Å². The van der Waals surface area contributed by atoms with E-state index in [9.17, 15) is 5.11 Å². The third-order valence-corrected chi connectivity index (χ3v) is 4.55. The van der Waals surface area contributed by atoms with Gasteiger partial charge in [0.15, 0.2) is 0 Å². The molecule has 2 aliphatic rings. The number of aliphatic hydroxyl groups is 1. The van der Waals surface area contributed by atoms with E-state index in [1.54, 1.807) is 6.26 Å². The fraction of sp³-hybridized carbons (Fsp3) is 0.733. The first-order chi connectivity index (χ1) is 8.84. The monoisotopic (exact) mass is 249 g/mol. The second kappa shape index (κ2) is 5.45. The van der Waals surface area contributed by atoms with Crippen LogP contribution in [-0.4, -0.2) is 17.8 Å². The lowest BCUT2D eigenvalue weighted by atomic mass is 9.85. The molecule has 1 saturated carbocycles. The number of hydrogen-bond donors (Lipinski definition) is 2. The number of aryl methyl sites for hydroxylation is 1. The van der Waals surface area contributed by atoms with Crippen molar-refractivity contribution in [3.8, 4) is 0 Å². The average molecular weight is 249 g/mol. The smallest absolute Gasteiger partial charge is 0.108 e. The first-order valence-electron chi connectivity index (χ1n) is 7.32. The van der Waals surface area contributed by atoms with Crippen molar-refractivity contribution in [3.63, 3.8) is 0 Å². The molecular weight excluding hydrogens is 226 g/mol. The predicted octanol–water partition coefficient (Wildman–Crippen LogP) is 2.80. The Labute approximate surface area is 109 Å². The number of aliphatic hydroxyl groups excluding tert-OH is 1. The maximum atomic E-state index is 10.00. The summed E-state index contributed by atoms with van der Waals surface area (Å²) in [6, 6.07) is 2.53. The second-order valence-corrected chi connectivity index (χ2v) is 5.76. The Balaban J connectivity index is 1.58. The topological polar surface area (TPSA) is 45.4 Å². The van der Waals surface area contributed by atoms with Gasteiger partial charge in [-0.3, -0.25) is 0 Å². The quantitative estimate of drug-likeness (QED) is 0.866. The van der Waals surface area contributed by atoms with Crippen LogP contribution in [-0.2, 0) is 6.42 Å². The van der Waals surface area contributed by atoms with Gasteiger partial charge in [0.05, 0.1) is 12.4 Å². The molecule has 3 rings (SSSR count). The summed E-state index contributed by atoms with van der Waals surface area (Å²) in [5, 5.41) is 13.6. The van der Waals surface area contributed by atoms with Crippen molar-refractivity contribution in [2.75, 3.05) is 6.54 Å². The summed E-state index contributed by atoms with van der Waals surface area (Å²) in [7, 11) is 0. The van der Waals surface area contributed by atoms with Crippen LogP contribution in [0.25, 0.3) is 0 Å². The van der Waals surface area contributed by atoms with Crippen LogP contribution in [0.2, 0.25) is 0 Å². The second-order valence-electron chi connectivity index (χ2n) is 5.76. The van der Waals surface area contributed by atoms with Gasteiger partial charge in [-0.25, -0.2) is 0 Å². The van der Waals surface area contributed by atoms with E-state index in [2.05, 4.69) is 11.4 Å². The molecule has 0 aliphatic heterocycles. The Morgan fingerprint density at radius 1 is 1.22 bits per heavy atom. The predicted molar refractivity (Wildman–Crippen MR) is 70.4 cm³/mol. The number of hydrogen-bond acceptors (Lipinski definition) is 3. The van der Waals surface area contributed by atoms with Crippen LogP contribution in [0.1, 0.15) is 55.9 Å². The Bertz CT molecular complexity index is 388. The Morgan fingerprint density at radius 2 is 2.11 bits per heavy atom. The SMILES string of the molecule is OC1CCCCC1CNC1CCCc2occc21. The van der Waals surface area contributed by atoms with E-state index >= 15 is 0 Å². The third-order valence-electron chi connectivity index (χ3n) is 4.55. The van der Waals surface area contributed by atoms with E-state index in [1.807, 2.05) is 0 Å². The zero-order valence-corrected chi connectivity index (χ0v) is 10.9. The number of furan rings is 1. The van der Waals surface area contributed by atoms with E-state index in [0.717, 1.165) is 25.1 Å². The third kappa shape index (κ3) is 2.47. The highest BCUT2D eigenvalue weighted by Gasteiger charge is 2.26. The van der Waals surface area contributed by atoms with Crippen LogP contribution < -0.4 is 5.32 Å². The summed E-state index contributed by atoms with van der Waals surface area (Å²) in [5.41, 5.74) is 1.34. The molecule has 100 valence electrons. The van der Waals surface area contributed by atoms with Gasteiger partial charge >= 0.3 is 0 Å². The number of nitrogens with one attached hydrogen (secondary N) is 1. The van der Waals surface area contributed by atoms with Crippen LogP contribution in [0.3, 0.4) is 0 Å². The maximum Gasteiger partial charge on any atom is 0.108 e. The zero-order chi connectivity index (χ0) is 12.4. The molecule has 0 spiro atoms. The van der Waals surface area contributed by atoms with Gasteiger partial charge in [0.25, 0.3) is 0 Å². The van der Waals surface area contributed by atoms with Crippen molar-refractivity contribution in [2.45, 2.75) is 57.1 Å². The fourth-order valence-corrected chi connectivity index (χ4v) is 3.42. The van der Waals surface area contributed by atoms with Crippen molar-refractivity contribution < 1.29 is 9.52 Å². The lowest BCUT2D eigenvalue weighted by molar-refractivity contribution is 0.0677. The highest BCUT2D eigenvalue weighted by atomic mass is 16.3. The molecule has 0 saturated heterocycles. The molecule has 1 aromatic rings. The molecule has 18 heavy (non-hydrogen) atoms. The molecule has 1 heterocycles. The average Bonchev–Trinajstić information content (AvgIpc) is 2.86. The zero-order valence-electron chi connectivity index (χ0n) is 10.9. The molecule has 1 aromatic heterocycles. The minimum atomic E-state index is -0.0985. The number of rotatable bonds is 3. The lowest BCUT2D eigenvalue weighted by Gasteiger charge is -2.30. The van der Waals surface area contributed by atoms with Gasteiger partial charge in [-0.15, -0.1) is 0 Å². The molecule has 3 heteroatoms. The van der Waals surface area contributed by atoms with Crippen molar-refractivity contribution in [3.05, 3.63) is 23.7 Å². The molecule has 3 atom stereocenters. The fourth-order valence-electron chi connectivity index (χ4n) is 3.42. The summed E-state index contributed by atoms with van der Waals surface area (Å²) in [5.74, 6) is 1.60. The van der Waals surface area contributed by atoms with Gasteiger partial charge in [-0.1, -0.05) is 12.8 Å². The van der Waals surface area contributed by atoms with Crippen LogP contribution in [0.5, 0.6) is 0 Å². The van der Waals surface area contributed by atoms with Gasteiger partial charge in [0.2, 0.25) is 0 Å². The molecule has 3 unspecified atom stereocenters. The van der Waals surface area contributed by atoms with Gasteiger partial charge in [0, 0.05) is 24.6 Å². The molecule has 0 radical (unpaired) electrons. The molecule has 3 nitrogen and oxygen atoms in total. The van der Waals surface area contributed by atoms with Crippen molar-refractivity contribution >= 4 is 0 Å². The summed E-state index contributed by atoms with van der Waals surface area (Å²) >= 11 is 0. The summed E-state index contributed by atoms with van der Waals surface area (Å²) in [6.07, 6.45) is 9.78. The van der Waals surface area contributed by atoms with Gasteiger partial charge in [-0.05, 0) is 37.7 Å². The highest BCUT2D eigenvalue weighted by molar-refractivity contribution is 5.24. The summed E-state index contributed by atoms with van der Waals surface area (Å²) in [6.45, 7) is 0.941. The molecule has 1 fully saturated rings. The van der Waals surface area contributed by atoms with Crippen molar-refractivity contribution in [2.24, 2.45) is 5.92 Å². The van der Waals surface area contributed by atoms with Gasteiger partial charge in [-0.2, -0.15) is 0 Å². The first-order valence-corrected chi connectivity index (χ1v) is 7.32. The van der Waals surface area contributed by atoms with Crippen molar-refractivity contribution in [1.82, 2.24) is 5.32 Å². The molecule has 2 N–H and O–H groups in total. The normalized spacial score (nSPS) is 32.2. The Morgan fingerprint density at radius 3 is 3.00 bits per heavy atom. The Hall–Kier alpha value is -0.800. The van der Waals surface area contributed by atoms with Crippen molar-refractivity contribution in [1.29, 1.82) is 0 Å². The van der Waals surface area contributed by atoms with Gasteiger partial charge < -0.3 is 14.8 Å². The summed E-state index contributed by atoms with van der Waals surface area (Å²) < 4.78 is 5.51. The van der Waals surface area contributed by atoms with E-state index < -0.39 is 0 Å². The van der Waals surface area contributed by atoms with Gasteiger partial charge in [0.1, 0.15) is 5.76 Å². The minimum Gasteiger partial charge on any atom is -0.469 e. The molecular formula is C15H23NO2. The van der Waals surface area contributed by atoms with Crippen LogP contribution >= 0.6 is 0 Å². The largest absolute Gasteiger partial charge is 0.469 e. The minimum absolute atomic E-state index is 0.0985. The molecule has 2 aliphatic carbocycles. The molecule has 0 bridgehead atoms. The first kappa shape index (κ1) is 12.2. The molecule has 0 aromatic carbocycles. The van der Waals surface area contributed by atoms with E-state index in [0.29, 0.717) is 12.0 Å².